The summed E-state index contributed by atoms with van der Waals surface area (Å²) in [5.74, 6) is -0.709. The first-order valence-electron chi connectivity index (χ1n) is 13.2. The van der Waals surface area contributed by atoms with Crippen LogP contribution in [-0.2, 0) is 25.5 Å². The number of carbonyl (C=O) groups excluding carboxylic acids is 3. The highest BCUT2D eigenvalue weighted by molar-refractivity contribution is 5.88. The van der Waals surface area contributed by atoms with Gasteiger partial charge in [0.1, 0.15) is 18.8 Å². The number of aromatic amines is 1. The third-order valence-electron chi connectivity index (χ3n) is 7.52. The summed E-state index contributed by atoms with van der Waals surface area (Å²) in [5.41, 5.74) is 6.37. The molecule has 4 aromatic rings. The van der Waals surface area contributed by atoms with Crippen LogP contribution in [0.2, 0.25) is 0 Å². The number of cyclic esters (lactones) is 1. The minimum Gasteiger partial charge on any atom is -0.460 e. The van der Waals surface area contributed by atoms with Crippen molar-refractivity contribution < 1.29 is 23.9 Å². The Morgan fingerprint density at radius 1 is 0.974 bits per heavy atom. The number of alkyl carbamates (subject to hydrolysis) is 1. The molecule has 2 aliphatic rings. The number of benzene rings is 3. The monoisotopic (exact) mass is 523 g/mol. The van der Waals surface area contributed by atoms with Crippen LogP contribution in [0.5, 0.6) is 0 Å². The first-order valence-corrected chi connectivity index (χ1v) is 13.2. The second kappa shape index (κ2) is 10.6. The second-order valence-electron chi connectivity index (χ2n) is 9.98. The molecule has 8 heteroatoms. The van der Waals surface area contributed by atoms with Crippen LogP contribution in [0.1, 0.15) is 35.4 Å². The van der Waals surface area contributed by atoms with E-state index in [1.165, 1.54) is 0 Å². The van der Waals surface area contributed by atoms with Crippen molar-refractivity contribution in [3.63, 3.8) is 0 Å². The summed E-state index contributed by atoms with van der Waals surface area (Å²) in [6.45, 7) is 0.348. The molecule has 1 aromatic heterocycles. The highest BCUT2D eigenvalue weighted by Crippen LogP contribution is 2.44. The van der Waals surface area contributed by atoms with Crippen molar-refractivity contribution in [3.05, 3.63) is 95.7 Å². The number of ether oxygens (including phenoxy) is 2. The lowest BCUT2D eigenvalue weighted by molar-refractivity contribution is -0.141. The van der Waals surface area contributed by atoms with Gasteiger partial charge in [0, 0.05) is 35.9 Å². The zero-order chi connectivity index (χ0) is 26.8. The van der Waals surface area contributed by atoms with Crippen LogP contribution in [-0.4, -0.2) is 48.3 Å². The lowest BCUT2D eigenvalue weighted by Gasteiger charge is -2.20. The molecule has 2 heterocycles. The van der Waals surface area contributed by atoms with Gasteiger partial charge in [0.05, 0.1) is 6.54 Å². The predicted molar refractivity (Wildman–Crippen MR) is 146 cm³/mol. The predicted octanol–water partition coefficient (Wildman–Crippen LogP) is 4.44. The van der Waals surface area contributed by atoms with Gasteiger partial charge in [-0.15, -0.1) is 0 Å². The third-order valence-corrected chi connectivity index (χ3v) is 7.52. The summed E-state index contributed by atoms with van der Waals surface area (Å²) in [6.07, 6.45) is 2.01. The van der Waals surface area contributed by atoms with Gasteiger partial charge in [0.2, 0.25) is 5.91 Å². The molecular weight excluding hydrogens is 494 g/mol. The van der Waals surface area contributed by atoms with Crippen molar-refractivity contribution in [2.75, 3.05) is 13.2 Å². The molecule has 3 aromatic carbocycles. The average Bonchev–Trinajstić information content (AvgIpc) is 3.66. The number of para-hydroxylation sites is 1. The minimum absolute atomic E-state index is 0.0823. The summed E-state index contributed by atoms with van der Waals surface area (Å²) < 4.78 is 10.9. The fraction of sp³-hybridized carbons (Fsp3) is 0.258. The SMILES string of the molecule is O=C1CCC(CNC(=O)[C@H](Cc2c[nH]c3ccccc23)NC(=O)OCC2c3ccccc3-c3ccccc32)O1. The molecule has 2 atom stereocenters. The van der Waals surface area contributed by atoms with Gasteiger partial charge >= 0.3 is 12.1 Å². The van der Waals surface area contributed by atoms with Crippen molar-refractivity contribution >= 4 is 28.9 Å². The summed E-state index contributed by atoms with van der Waals surface area (Å²) in [7, 11) is 0. The number of amides is 2. The van der Waals surface area contributed by atoms with E-state index >= 15 is 0 Å². The van der Waals surface area contributed by atoms with Gasteiger partial charge in [-0.25, -0.2) is 4.79 Å². The van der Waals surface area contributed by atoms with E-state index in [1.54, 1.807) is 0 Å². The van der Waals surface area contributed by atoms with E-state index in [0.717, 1.165) is 38.7 Å². The fourth-order valence-electron chi connectivity index (χ4n) is 5.58. The zero-order valence-electron chi connectivity index (χ0n) is 21.3. The van der Waals surface area contributed by atoms with Crippen molar-refractivity contribution in [1.82, 2.24) is 15.6 Å². The third kappa shape index (κ3) is 5.10. The molecule has 1 fully saturated rings. The number of rotatable bonds is 8. The van der Waals surface area contributed by atoms with E-state index in [1.807, 2.05) is 54.7 Å². The van der Waals surface area contributed by atoms with Crippen molar-refractivity contribution in [2.45, 2.75) is 37.3 Å². The molecule has 0 spiro atoms. The van der Waals surface area contributed by atoms with E-state index in [0.29, 0.717) is 12.8 Å². The quantitative estimate of drug-likeness (QED) is 0.296. The largest absolute Gasteiger partial charge is 0.460 e. The Kier molecular flexibility index (Phi) is 6.75. The number of esters is 1. The van der Waals surface area contributed by atoms with Gasteiger partial charge in [0.15, 0.2) is 0 Å². The first-order chi connectivity index (χ1) is 19.1. The van der Waals surface area contributed by atoms with E-state index < -0.39 is 12.1 Å². The van der Waals surface area contributed by atoms with Crippen LogP contribution in [0.4, 0.5) is 4.79 Å². The summed E-state index contributed by atoms with van der Waals surface area (Å²) in [5, 5.41) is 6.60. The maximum atomic E-state index is 13.2. The molecule has 2 amide bonds. The zero-order valence-corrected chi connectivity index (χ0v) is 21.3. The molecule has 39 heavy (non-hydrogen) atoms. The van der Waals surface area contributed by atoms with Crippen molar-refractivity contribution in [3.8, 4) is 11.1 Å². The van der Waals surface area contributed by atoms with Crippen LogP contribution >= 0.6 is 0 Å². The van der Waals surface area contributed by atoms with Crippen LogP contribution in [0.25, 0.3) is 22.0 Å². The molecule has 1 aliphatic heterocycles. The van der Waals surface area contributed by atoms with Gasteiger partial charge in [-0.1, -0.05) is 66.7 Å². The maximum absolute atomic E-state index is 13.2. The molecular formula is C31H29N3O5. The van der Waals surface area contributed by atoms with Crippen LogP contribution in [0.15, 0.2) is 79.0 Å². The summed E-state index contributed by atoms with van der Waals surface area (Å²) in [6, 6.07) is 23.2. The standard InChI is InChI=1S/C31H29N3O5/c35-29-14-13-20(39-29)17-33-30(36)28(15-19-16-32-27-12-6-5-7-21(19)27)34-31(37)38-18-26-24-10-3-1-8-22(24)23-9-2-4-11-25(23)26/h1-12,16,20,26,28,32H,13-15,17-18H2,(H,33,36)(H,34,37)/t20?,28-/m0/s1. The van der Waals surface area contributed by atoms with E-state index in [2.05, 4.69) is 39.9 Å². The molecule has 8 nitrogen and oxygen atoms in total. The van der Waals surface area contributed by atoms with Gasteiger partial charge in [-0.2, -0.15) is 0 Å². The van der Waals surface area contributed by atoms with Crippen molar-refractivity contribution in [2.24, 2.45) is 0 Å². The fourth-order valence-corrected chi connectivity index (χ4v) is 5.58. The number of H-pyrrole nitrogens is 1. The Labute approximate surface area is 225 Å². The molecule has 6 rings (SSSR count). The lowest BCUT2D eigenvalue weighted by atomic mass is 9.98. The molecule has 0 saturated carbocycles. The van der Waals surface area contributed by atoms with E-state index in [9.17, 15) is 14.4 Å². The summed E-state index contributed by atoms with van der Waals surface area (Å²) >= 11 is 0. The minimum atomic E-state index is -0.878. The Morgan fingerprint density at radius 2 is 1.67 bits per heavy atom. The molecule has 198 valence electrons. The first kappa shape index (κ1) is 24.7. The van der Waals surface area contributed by atoms with E-state index in [4.69, 9.17) is 9.47 Å². The van der Waals surface area contributed by atoms with Gasteiger partial charge < -0.3 is 25.1 Å². The van der Waals surface area contributed by atoms with Crippen LogP contribution < -0.4 is 10.6 Å². The number of hydrogen-bond donors (Lipinski definition) is 3. The number of nitrogens with one attached hydrogen (secondary N) is 3. The van der Waals surface area contributed by atoms with Crippen LogP contribution in [0, 0.1) is 0 Å². The van der Waals surface area contributed by atoms with Gasteiger partial charge in [-0.3, -0.25) is 9.59 Å². The molecule has 1 saturated heterocycles. The Hall–Kier alpha value is -4.59. The second-order valence-corrected chi connectivity index (χ2v) is 9.98. The lowest BCUT2D eigenvalue weighted by Crippen LogP contribution is -2.49. The topological polar surface area (TPSA) is 110 Å². The molecule has 0 radical (unpaired) electrons. The average molecular weight is 524 g/mol. The Bertz CT molecular complexity index is 1500. The normalized spacial score (nSPS) is 16.8. The summed E-state index contributed by atoms with van der Waals surface area (Å²) in [4.78, 5) is 40.9. The van der Waals surface area contributed by atoms with Gasteiger partial charge in [-0.05, 0) is 40.3 Å². The maximum Gasteiger partial charge on any atom is 0.407 e. The van der Waals surface area contributed by atoms with Gasteiger partial charge in [0.25, 0.3) is 0 Å². The van der Waals surface area contributed by atoms with E-state index in [-0.39, 0.29) is 43.5 Å². The molecule has 0 bridgehead atoms. The highest BCUT2D eigenvalue weighted by Gasteiger charge is 2.31. The molecule has 1 unspecified atom stereocenters. The number of fused-ring (bicyclic) bond motifs is 4. The Morgan fingerprint density at radius 3 is 2.38 bits per heavy atom. The smallest absolute Gasteiger partial charge is 0.407 e. The number of carbonyl (C=O) groups is 3. The number of aromatic nitrogens is 1. The highest BCUT2D eigenvalue weighted by atomic mass is 16.6. The molecule has 1 aliphatic carbocycles. The van der Waals surface area contributed by atoms with Crippen molar-refractivity contribution in [1.29, 1.82) is 0 Å². The number of hydrogen-bond acceptors (Lipinski definition) is 5. The Balaban J connectivity index is 1.16. The molecule has 3 N–H and O–H groups in total. The van der Waals surface area contributed by atoms with Crippen LogP contribution in [0.3, 0.4) is 0 Å².